The zero-order chi connectivity index (χ0) is 15.3. The minimum Gasteiger partial charge on any atom is -0.357 e. The van der Waals surface area contributed by atoms with Gasteiger partial charge in [0.2, 0.25) is 0 Å². The molecule has 7 atom stereocenters. The van der Waals surface area contributed by atoms with E-state index in [2.05, 4.69) is 13.8 Å². The highest BCUT2D eigenvalue weighted by Gasteiger charge is 2.76. The lowest BCUT2D eigenvalue weighted by Crippen LogP contribution is -2.58. The Morgan fingerprint density at radius 3 is 2.59 bits per heavy atom. The summed E-state index contributed by atoms with van der Waals surface area (Å²) in [5, 5.41) is 0. The largest absolute Gasteiger partial charge is 0.357 e. The van der Waals surface area contributed by atoms with Gasteiger partial charge < -0.3 is 4.74 Å². The number of carbonyl (C=O) groups excluding carboxylic acids is 2. The van der Waals surface area contributed by atoms with Crippen molar-refractivity contribution < 1.29 is 14.3 Å². The maximum absolute atomic E-state index is 12.4. The number of hydrogen-bond acceptors (Lipinski definition) is 3. The molecular weight excluding hydrogens is 276 g/mol. The lowest BCUT2D eigenvalue weighted by Gasteiger charge is -2.58. The van der Waals surface area contributed by atoms with Crippen LogP contribution in [-0.4, -0.2) is 23.3 Å². The smallest absolute Gasteiger partial charge is 0.164 e. The summed E-state index contributed by atoms with van der Waals surface area (Å²) in [5.74, 6) is 2.78. The van der Waals surface area contributed by atoms with Gasteiger partial charge in [0.1, 0.15) is 17.5 Å². The molecule has 22 heavy (non-hydrogen) atoms. The van der Waals surface area contributed by atoms with E-state index in [1.54, 1.807) is 0 Å². The molecule has 1 saturated heterocycles. The lowest BCUT2D eigenvalue weighted by atomic mass is 9.45. The zero-order valence-electron chi connectivity index (χ0n) is 13.7. The number of fused-ring (bicyclic) bond motifs is 4. The molecule has 3 heteroatoms. The van der Waals surface area contributed by atoms with E-state index in [1.165, 1.54) is 0 Å². The molecule has 1 aliphatic heterocycles. The van der Waals surface area contributed by atoms with E-state index < -0.39 is 0 Å². The summed E-state index contributed by atoms with van der Waals surface area (Å²) in [6.07, 6.45) is 7.93. The minimum atomic E-state index is -0.125. The number of Topliss-reactive ketones (excluding diaryl/α,β-unsaturated/α-hetero) is 2. The molecule has 2 unspecified atom stereocenters. The highest BCUT2D eigenvalue weighted by Crippen LogP contribution is 2.71. The van der Waals surface area contributed by atoms with E-state index in [9.17, 15) is 9.59 Å². The molecule has 1 spiro atoms. The highest BCUT2D eigenvalue weighted by atomic mass is 16.6. The average Bonchev–Trinajstić information content (AvgIpc) is 3.17. The third-order valence-electron chi connectivity index (χ3n) is 8.66. The molecule has 0 bridgehead atoms. The molecule has 5 fully saturated rings. The number of ketones is 2. The molecule has 0 aromatic carbocycles. The van der Waals surface area contributed by atoms with Crippen LogP contribution in [0.4, 0.5) is 0 Å². The van der Waals surface area contributed by atoms with Crippen molar-refractivity contribution >= 4 is 11.6 Å². The highest BCUT2D eigenvalue weighted by molar-refractivity contribution is 5.89. The van der Waals surface area contributed by atoms with Crippen molar-refractivity contribution in [3.8, 4) is 0 Å². The third-order valence-corrected chi connectivity index (χ3v) is 8.66. The summed E-state index contributed by atoms with van der Waals surface area (Å²) in [4.78, 5) is 24.5. The Hall–Kier alpha value is -0.700. The summed E-state index contributed by atoms with van der Waals surface area (Å²) in [5.41, 5.74) is -0.00234. The zero-order valence-corrected chi connectivity index (χ0v) is 13.7. The Bertz CT molecular complexity index is 583. The Labute approximate surface area is 132 Å². The molecule has 4 aliphatic carbocycles. The average molecular weight is 302 g/mol. The first-order valence-corrected chi connectivity index (χ1v) is 9.16. The van der Waals surface area contributed by atoms with Crippen LogP contribution in [0, 0.1) is 28.6 Å². The molecule has 120 valence electrons. The fraction of sp³-hybridized carbons (Fsp3) is 0.895. The van der Waals surface area contributed by atoms with Crippen molar-refractivity contribution in [1.82, 2.24) is 0 Å². The maximum atomic E-state index is 12.4. The monoisotopic (exact) mass is 302 g/mol. The molecule has 0 radical (unpaired) electrons. The van der Waals surface area contributed by atoms with Crippen molar-refractivity contribution in [2.75, 3.05) is 0 Å². The molecule has 0 N–H and O–H groups in total. The summed E-state index contributed by atoms with van der Waals surface area (Å²) >= 11 is 0. The third kappa shape index (κ3) is 1.31. The molecule has 1 heterocycles. The van der Waals surface area contributed by atoms with Crippen LogP contribution >= 0.6 is 0 Å². The van der Waals surface area contributed by atoms with Crippen molar-refractivity contribution in [2.24, 2.45) is 28.6 Å². The van der Waals surface area contributed by atoms with E-state index in [-0.39, 0.29) is 22.5 Å². The van der Waals surface area contributed by atoms with Crippen LogP contribution < -0.4 is 0 Å². The van der Waals surface area contributed by atoms with Crippen LogP contribution in [0.3, 0.4) is 0 Å². The number of ether oxygens (including phenoxy) is 1. The number of rotatable bonds is 0. The fourth-order valence-corrected chi connectivity index (χ4v) is 7.27. The van der Waals surface area contributed by atoms with Gasteiger partial charge in [0.05, 0.1) is 0 Å². The van der Waals surface area contributed by atoms with E-state index in [0.29, 0.717) is 35.7 Å². The number of carbonyl (C=O) groups is 2. The van der Waals surface area contributed by atoms with E-state index >= 15 is 0 Å². The maximum Gasteiger partial charge on any atom is 0.164 e. The Morgan fingerprint density at radius 1 is 0.955 bits per heavy atom. The predicted octanol–water partition coefficient (Wildman–Crippen LogP) is 3.30. The second-order valence-corrected chi connectivity index (χ2v) is 9.10. The Balaban J connectivity index is 1.52. The van der Waals surface area contributed by atoms with E-state index in [4.69, 9.17) is 4.74 Å². The number of hydrogen-bond donors (Lipinski definition) is 0. The van der Waals surface area contributed by atoms with Crippen molar-refractivity contribution in [3.05, 3.63) is 0 Å². The van der Waals surface area contributed by atoms with Crippen molar-refractivity contribution in [1.29, 1.82) is 0 Å². The molecule has 5 rings (SSSR count). The first-order valence-electron chi connectivity index (χ1n) is 9.16. The van der Waals surface area contributed by atoms with Crippen molar-refractivity contribution in [3.63, 3.8) is 0 Å². The van der Waals surface area contributed by atoms with Crippen LogP contribution in [0.25, 0.3) is 0 Å². The summed E-state index contributed by atoms with van der Waals surface area (Å²) in [7, 11) is 0. The van der Waals surface area contributed by atoms with Gasteiger partial charge in [-0.15, -0.1) is 0 Å². The van der Waals surface area contributed by atoms with Gasteiger partial charge in [0, 0.05) is 23.7 Å². The molecule has 0 amide bonds. The van der Waals surface area contributed by atoms with Crippen LogP contribution in [0.2, 0.25) is 0 Å². The minimum absolute atomic E-state index is 0.0453. The van der Waals surface area contributed by atoms with Crippen molar-refractivity contribution in [2.45, 2.75) is 76.9 Å². The van der Waals surface area contributed by atoms with Gasteiger partial charge in [-0.2, -0.15) is 0 Å². The lowest BCUT2D eigenvalue weighted by molar-refractivity contribution is -0.140. The van der Waals surface area contributed by atoms with Gasteiger partial charge in [-0.25, -0.2) is 0 Å². The van der Waals surface area contributed by atoms with Crippen LogP contribution in [-0.2, 0) is 14.3 Å². The molecule has 3 nitrogen and oxygen atoms in total. The van der Waals surface area contributed by atoms with Gasteiger partial charge in [-0.1, -0.05) is 13.8 Å². The SMILES string of the molecule is C[C@]12CC[C@H]3[C@@H](CCC45OC4C(=O)CC[C@]35C)[C@@H]1CCC2=O. The normalized spacial score (nSPS) is 59.4. The molecule has 4 saturated carbocycles. The Kier molecular flexibility index (Phi) is 2.40. The topological polar surface area (TPSA) is 46.7 Å². The molecule has 0 aromatic heterocycles. The predicted molar refractivity (Wildman–Crippen MR) is 81.2 cm³/mol. The molecular formula is C19H26O3. The summed E-state index contributed by atoms with van der Waals surface area (Å²) in [6, 6.07) is 0. The first-order chi connectivity index (χ1) is 10.4. The standard InChI is InChI=1S/C19H26O3/c1-17-8-6-13-11(12(17)3-4-15(17)21)5-10-19-16(22-19)14(20)7-9-18(13,19)2/h11-13,16H,3-10H2,1-2H3/t11-,12-,13-,16?,17-,18+,19?/m0/s1. The van der Waals surface area contributed by atoms with E-state index in [0.717, 1.165) is 44.9 Å². The first kappa shape index (κ1) is 13.7. The number of epoxide rings is 1. The van der Waals surface area contributed by atoms with Crippen LogP contribution in [0.5, 0.6) is 0 Å². The van der Waals surface area contributed by atoms with Gasteiger partial charge in [0.15, 0.2) is 5.78 Å². The second-order valence-electron chi connectivity index (χ2n) is 9.10. The van der Waals surface area contributed by atoms with E-state index in [1.807, 2.05) is 0 Å². The van der Waals surface area contributed by atoms with Crippen LogP contribution in [0.1, 0.15) is 65.2 Å². The second kappa shape index (κ2) is 3.85. The fourth-order valence-electron chi connectivity index (χ4n) is 7.27. The van der Waals surface area contributed by atoms with Gasteiger partial charge in [-0.05, 0) is 56.3 Å². The summed E-state index contributed by atoms with van der Waals surface area (Å²) < 4.78 is 6.07. The van der Waals surface area contributed by atoms with Crippen LogP contribution in [0.15, 0.2) is 0 Å². The van der Waals surface area contributed by atoms with Gasteiger partial charge in [0.25, 0.3) is 0 Å². The quantitative estimate of drug-likeness (QED) is 0.645. The van der Waals surface area contributed by atoms with Gasteiger partial charge >= 0.3 is 0 Å². The summed E-state index contributed by atoms with van der Waals surface area (Å²) in [6.45, 7) is 4.63. The molecule has 0 aromatic rings. The molecule has 5 aliphatic rings. The van der Waals surface area contributed by atoms with Gasteiger partial charge in [-0.3, -0.25) is 9.59 Å². The Morgan fingerprint density at radius 2 is 1.77 bits per heavy atom.